The molecule has 0 spiro atoms. The van der Waals surface area contributed by atoms with Crippen molar-refractivity contribution >= 4 is 21.8 Å². The Balaban J connectivity index is 2.27. The van der Waals surface area contributed by atoms with Gasteiger partial charge in [0.25, 0.3) is 0 Å². The third-order valence-electron chi connectivity index (χ3n) is 3.15. The number of carbonyl (C=O) groups excluding carboxylic acids is 1. The van der Waals surface area contributed by atoms with Gasteiger partial charge in [0.15, 0.2) is 9.84 Å². The van der Waals surface area contributed by atoms with Gasteiger partial charge in [0.2, 0.25) is 0 Å². The molecule has 1 heterocycles. The number of aliphatic carboxylic acids is 1. The summed E-state index contributed by atoms with van der Waals surface area (Å²) < 4.78 is 22.6. The number of rotatable bonds is 6. The van der Waals surface area contributed by atoms with Crippen LogP contribution in [-0.2, 0) is 14.6 Å². The zero-order valence-electron chi connectivity index (χ0n) is 11.5. The number of nitrogens with zero attached hydrogens (tertiary/aromatic N) is 2. The molecule has 9 heteroatoms. The minimum atomic E-state index is -3.07. The minimum Gasteiger partial charge on any atom is -0.480 e. The summed E-state index contributed by atoms with van der Waals surface area (Å²) in [6.45, 7) is 3.55. The summed E-state index contributed by atoms with van der Waals surface area (Å²) in [5.41, 5.74) is 0. The van der Waals surface area contributed by atoms with Crippen LogP contribution < -0.4 is 5.32 Å². The minimum absolute atomic E-state index is 0.0236. The van der Waals surface area contributed by atoms with Crippen LogP contribution in [0.5, 0.6) is 0 Å². The summed E-state index contributed by atoms with van der Waals surface area (Å²) in [6, 6.07) is -0.300. The van der Waals surface area contributed by atoms with E-state index in [-0.39, 0.29) is 30.6 Å². The molecule has 0 saturated carbocycles. The van der Waals surface area contributed by atoms with E-state index in [1.165, 1.54) is 0 Å². The zero-order valence-corrected chi connectivity index (χ0v) is 12.4. The van der Waals surface area contributed by atoms with Gasteiger partial charge in [-0.15, -0.1) is 0 Å². The van der Waals surface area contributed by atoms with E-state index in [2.05, 4.69) is 5.32 Å². The fraction of sp³-hybridized carbons (Fsp3) is 0.818. The van der Waals surface area contributed by atoms with Gasteiger partial charge < -0.3 is 15.3 Å². The molecule has 0 aromatic rings. The molecule has 8 nitrogen and oxygen atoms in total. The van der Waals surface area contributed by atoms with Crippen molar-refractivity contribution < 1.29 is 23.1 Å². The van der Waals surface area contributed by atoms with Crippen molar-refractivity contribution in [1.29, 1.82) is 0 Å². The molecule has 0 aromatic carbocycles. The second-order valence-corrected chi connectivity index (χ2v) is 7.10. The fourth-order valence-corrected chi connectivity index (χ4v) is 2.57. The van der Waals surface area contributed by atoms with E-state index >= 15 is 0 Å². The third kappa shape index (κ3) is 5.74. The highest BCUT2D eigenvalue weighted by Crippen LogP contribution is 2.01. The van der Waals surface area contributed by atoms with E-state index < -0.39 is 15.8 Å². The number of carboxylic acids is 1. The second kappa shape index (κ2) is 7.44. The lowest BCUT2D eigenvalue weighted by Crippen LogP contribution is -2.53. The van der Waals surface area contributed by atoms with E-state index in [0.29, 0.717) is 26.2 Å². The van der Waals surface area contributed by atoms with Crippen LogP contribution in [0.2, 0.25) is 0 Å². The molecule has 1 rings (SSSR count). The largest absolute Gasteiger partial charge is 0.480 e. The van der Waals surface area contributed by atoms with Crippen molar-refractivity contribution in [2.45, 2.75) is 6.92 Å². The van der Waals surface area contributed by atoms with Crippen molar-refractivity contribution in [2.24, 2.45) is 0 Å². The zero-order chi connectivity index (χ0) is 15.2. The van der Waals surface area contributed by atoms with Crippen LogP contribution in [0.1, 0.15) is 6.92 Å². The normalized spacial score (nSPS) is 16.9. The number of hydrogen-bond donors (Lipinski definition) is 2. The van der Waals surface area contributed by atoms with E-state index in [1.54, 1.807) is 16.7 Å². The Morgan fingerprint density at radius 3 is 2.30 bits per heavy atom. The number of sulfone groups is 1. The van der Waals surface area contributed by atoms with Crippen LogP contribution >= 0.6 is 0 Å². The monoisotopic (exact) mass is 307 g/mol. The first-order valence-electron chi connectivity index (χ1n) is 6.51. The van der Waals surface area contributed by atoms with E-state index in [9.17, 15) is 18.0 Å². The average Bonchev–Trinajstić information content (AvgIpc) is 2.38. The standard InChI is InChI=1S/C11H21N3O5S/c1-2-20(18,19)8-3-12-11(17)14-6-4-13(5-7-14)9-10(15)16/h2-9H2,1H3,(H,12,17)(H,15,16). The Bertz CT molecular complexity index is 443. The summed E-state index contributed by atoms with van der Waals surface area (Å²) in [4.78, 5) is 25.7. The van der Waals surface area contributed by atoms with Gasteiger partial charge in [-0.3, -0.25) is 9.69 Å². The molecule has 1 aliphatic rings. The van der Waals surface area contributed by atoms with Gasteiger partial charge in [0.05, 0.1) is 12.3 Å². The van der Waals surface area contributed by atoms with Crippen molar-refractivity contribution in [3.63, 3.8) is 0 Å². The van der Waals surface area contributed by atoms with Gasteiger partial charge in [-0.2, -0.15) is 0 Å². The Kier molecular flexibility index (Phi) is 6.21. The fourth-order valence-electron chi connectivity index (χ4n) is 1.87. The predicted molar refractivity (Wildman–Crippen MR) is 73.4 cm³/mol. The summed E-state index contributed by atoms with van der Waals surface area (Å²) in [7, 11) is -3.07. The van der Waals surface area contributed by atoms with Gasteiger partial charge in [0.1, 0.15) is 0 Å². The van der Waals surface area contributed by atoms with Gasteiger partial charge in [0, 0.05) is 38.5 Å². The summed E-state index contributed by atoms with van der Waals surface area (Å²) in [6.07, 6.45) is 0. The lowest BCUT2D eigenvalue weighted by Gasteiger charge is -2.33. The van der Waals surface area contributed by atoms with Gasteiger partial charge in [-0.1, -0.05) is 6.92 Å². The maximum atomic E-state index is 11.8. The topological polar surface area (TPSA) is 107 Å². The number of piperazine rings is 1. The number of hydrogen-bond acceptors (Lipinski definition) is 5. The third-order valence-corrected chi connectivity index (χ3v) is 4.85. The van der Waals surface area contributed by atoms with Crippen molar-refractivity contribution in [3.05, 3.63) is 0 Å². The Morgan fingerprint density at radius 2 is 1.80 bits per heavy atom. The smallest absolute Gasteiger partial charge is 0.317 e. The SMILES string of the molecule is CCS(=O)(=O)CCNC(=O)N1CCN(CC(=O)O)CC1. The van der Waals surface area contributed by atoms with Gasteiger partial charge in [-0.05, 0) is 0 Å². The Morgan fingerprint density at radius 1 is 1.20 bits per heavy atom. The highest BCUT2D eigenvalue weighted by Gasteiger charge is 2.22. The highest BCUT2D eigenvalue weighted by molar-refractivity contribution is 7.91. The van der Waals surface area contributed by atoms with Crippen LogP contribution in [0.3, 0.4) is 0 Å². The highest BCUT2D eigenvalue weighted by atomic mass is 32.2. The molecule has 0 aliphatic carbocycles. The molecule has 1 fully saturated rings. The number of urea groups is 1. The van der Waals surface area contributed by atoms with Crippen LogP contribution in [-0.4, -0.2) is 86.1 Å². The number of carbonyl (C=O) groups is 2. The van der Waals surface area contributed by atoms with Crippen LogP contribution in [0.4, 0.5) is 4.79 Å². The molecule has 1 saturated heterocycles. The van der Waals surface area contributed by atoms with Crippen LogP contribution in [0, 0.1) is 0 Å². The average molecular weight is 307 g/mol. The van der Waals surface area contributed by atoms with Crippen molar-refractivity contribution in [1.82, 2.24) is 15.1 Å². The van der Waals surface area contributed by atoms with Crippen LogP contribution in [0.25, 0.3) is 0 Å². The molecular formula is C11H21N3O5S. The van der Waals surface area contributed by atoms with Gasteiger partial charge in [-0.25, -0.2) is 13.2 Å². The first-order valence-corrected chi connectivity index (χ1v) is 8.33. The molecule has 20 heavy (non-hydrogen) atoms. The lowest BCUT2D eigenvalue weighted by atomic mass is 10.3. The Labute approximate surface area is 118 Å². The quantitative estimate of drug-likeness (QED) is 0.640. The van der Waals surface area contributed by atoms with Crippen molar-refractivity contribution in [2.75, 3.05) is 50.8 Å². The summed E-state index contributed by atoms with van der Waals surface area (Å²) in [5.74, 6) is -0.877. The lowest BCUT2D eigenvalue weighted by molar-refractivity contribution is -0.138. The molecule has 116 valence electrons. The van der Waals surface area contributed by atoms with E-state index in [4.69, 9.17) is 5.11 Å². The number of amides is 2. The molecule has 0 aromatic heterocycles. The van der Waals surface area contributed by atoms with Crippen LogP contribution in [0.15, 0.2) is 0 Å². The predicted octanol–water partition coefficient (Wildman–Crippen LogP) is -1.17. The number of nitrogens with one attached hydrogen (secondary N) is 1. The molecule has 0 unspecified atom stereocenters. The Hall–Kier alpha value is -1.35. The van der Waals surface area contributed by atoms with E-state index in [0.717, 1.165) is 0 Å². The summed E-state index contributed by atoms with van der Waals surface area (Å²) >= 11 is 0. The van der Waals surface area contributed by atoms with E-state index in [1.807, 2.05) is 0 Å². The molecule has 0 bridgehead atoms. The molecule has 1 aliphatic heterocycles. The first-order chi connectivity index (χ1) is 9.34. The second-order valence-electron chi connectivity index (χ2n) is 4.63. The molecule has 0 atom stereocenters. The maximum Gasteiger partial charge on any atom is 0.317 e. The first kappa shape index (κ1) is 16.7. The molecular weight excluding hydrogens is 286 g/mol. The van der Waals surface area contributed by atoms with Gasteiger partial charge >= 0.3 is 12.0 Å². The molecule has 0 radical (unpaired) electrons. The summed E-state index contributed by atoms with van der Waals surface area (Å²) in [5, 5.41) is 11.2. The molecule has 2 amide bonds. The van der Waals surface area contributed by atoms with Crippen molar-refractivity contribution in [3.8, 4) is 0 Å². The maximum absolute atomic E-state index is 11.8. The number of carboxylic acid groups (broad SMARTS) is 1. The molecule has 2 N–H and O–H groups in total.